The first-order chi connectivity index (χ1) is 8.06. The molecular formula is C14H24N2O. The molecule has 1 aromatic rings. The van der Waals surface area contributed by atoms with E-state index in [-0.39, 0.29) is 6.04 Å². The molecule has 1 aromatic carbocycles. The number of hydrogen-bond acceptors (Lipinski definition) is 3. The number of hydrazine groups is 1. The Bertz CT molecular complexity index is 377. The van der Waals surface area contributed by atoms with Crippen LogP contribution in [0, 0.1) is 19.8 Å². The lowest BCUT2D eigenvalue weighted by atomic mass is 9.90. The maximum absolute atomic E-state index is 5.69. The standard InChI is InChI=1S/C14H24N2O/c1-6-9(2)13(16-15)12-8-7-10(3)11(4)14(12)17-5/h7-9,13,16H,6,15H2,1-5H3. The fourth-order valence-corrected chi connectivity index (χ4v) is 2.12. The Kier molecular flexibility index (Phi) is 4.97. The van der Waals surface area contributed by atoms with E-state index >= 15 is 0 Å². The molecule has 0 aliphatic carbocycles. The van der Waals surface area contributed by atoms with Gasteiger partial charge in [-0.05, 0) is 30.9 Å². The monoisotopic (exact) mass is 236 g/mol. The summed E-state index contributed by atoms with van der Waals surface area (Å²) < 4.78 is 5.54. The van der Waals surface area contributed by atoms with E-state index in [2.05, 4.69) is 45.3 Å². The van der Waals surface area contributed by atoms with Gasteiger partial charge in [0.15, 0.2) is 0 Å². The first kappa shape index (κ1) is 14.0. The first-order valence-corrected chi connectivity index (χ1v) is 6.17. The average Bonchev–Trinajstić information content (AvgIpc) is 2.34. The van der Waals surface area contributed by atoms with Crippen LogP contribution < -0.4 is 16.0 Å². The molecule has 0 spiro atoms. The molecule has 0 fully saturated rings. The summed E-state index contributed by atoms with van der Waals surface area (Å²) in [4.78, 5) is 0. The molecule has 0 radical (unpaired) electrons. The zero-order valence-corrected chi connectivity index (χ0v) is 11.5. The molecule has 3 N–H and O–H groups in total. The van der Waals surface area contributed by atoms with Crippen molar-refractivity contribution in [2.75, 3.05) is 7.11 Å². The van der Waals surface area contributed by atoms with Crippen molar-refractivity contribution in [2.24, 2.45) is 11.8 Å². The Morgan fingerprint density at radius 1 is 1.35 bits per heavy atom. The molecule has 3 nitrogen and oxygen atoms in total. The topological polar surface area (TPSA) is 47.3 Å². The summed E-state index contributed by atoms with van der Waals surface area (Å²) in [6.45, 7) is 8.54. The third-order valence-electron chi connectivity index (χ3n) is 3.64. The highest BCUT2D eigenvalue weighted by atomic mass is 16.5. The van der Waals surface area contributed by atoms with Gasteiger partial charge in [0, 0.05) is 5.56 Å². The fraction of sp³-hybridized carbons (Fsp3) is 0.571. The number of benzene rings is 1. The molecule has 2 unspecified atom stereocenters. The zero-order valence-electron chi connectivity index (χ0n) is 11.5. The summed E-state index contributed by atoms with van der Waals surface area (Å²) in [6, 6.07) is 4.37. The van der Waals surface area contributed by atoms with Crippen molar-refractivity contribution < 1.29 is 4.74 Å². The number of aryl methyl sites for hydroxylation is 1. The quantitative estimate of drug-likeness (QED) is 0.610. The minimum Gasteiger partial charge on any atom is -0.496 e. The predicted molar refractivity (Wildman–Crippen MR) is 72.0 cm³/mol. The number of rotatable bonds is 5. The average molecular weight is 236 g/mol. The maximum Gasteiger partial charge on any atom is 0.126 e. The Balaban J connectivity index is 3.24. The van der Waals surface area contributed by atoms with Crippen LogP contribution in [0.4, 0.5) is 0 Å². The molecule has 0 aliphatic heterocycles. The summed E-state index contributed by atoms with van der Waals surface area (Å²) in [5.41, 5.74) is 6.49. The van der Waals surface area contributed by atoms with Gasteiger partial charge in [0.1, 0.15) is 5.75 Å². The second-order valence-corrected chi connectivity index (χ2v) is 4.66. The molecule has 0 amide bonds. The lowest BCUT2D eigenvalue weighted by molar-refractivity contribution is 0.353. The van der Waals surface area contributed by atoms with Gasteiger partial charge in [-0.3, -0.25) is 11.3 Å². The Labute approximate surface area is 104 Å². The van der Waals surface area contributed by atoms with Crippen LogP contribution in [-0.2, 0) is 0 Å². The van der Waals surface area contributed by atoms with Crippen molar-refractivity contribution in [2.45, 2.75) is 40.2 Å². The van der Waals surface area contributed by atoms with E-state index in [0.717, 1.165) is 17.7 Å². The van der Waals surface area contributed by atoms with Crippen molar-refractivity contribution in [3.8, 4) is 5.75 Å². The highest BCUT2D eigenvalue weighted by Crippen LogP contribution is 2.34. The van der Waals surface area contributed by atoms with Crippen LogP contribution in [-0.4, -0.2) is 7.11 Å². The highest BCUT2D eigenvalue weighted by Gasteiger charge is 2.21. The molecule has 0 bridgehead atoms. The molecule has 0 aliphatic rings. The van der Waals surface area contributed by atoms with E-state index in [0.29, 0.717) is 5.92 Å². The van der Waals surface area contributed by atoms with Crippen molar-refractivity contribution in [3.05, 3.63) is 28.8 Å². The molecular weight excluding hydrogens is 212 g/mol. The van der Waals surface area contributed by atoms with Crippen LogP contribution in [0.3, 0.4) is 0 Å². The van der Waals surface area contributed by atoms with E-state index in [4.69, 9.17) is 10.6 Å². The first-order valence-electron chi connectivity index (χ1n) is 6.17. The summed E-state index contributed by atoms with van der Waals surface area (Å²) >= 11 is 0. The van der Waals surface area contributed by atoms with E-state index < -0.39 is 0 Å². The molecule has 0 saturated heterocycles. The number of methoxy groups -OCH3 is 1. The number of nitrogens with one attached hydrogen (secondary N) is 1. The molecule has 1 rings (SSSR count). The maximum atomic E-state index is 5.69. The second kappa shape index (κ2) is 6.03. The van der Waals surface area contributed by atoms with Crippen LogP contribution in [0.1, 0.15) is 43.0 Å². The largest absolute Gasteiger partial charge is 0.496 e. The molecule has 2 atom stereocenters. The van der Waals surface area contributed by atoms with E-state index in [1.807, 2.05) is 0 Å². The molecule has 3 heteroatoms. The molecule has 17 heavy (non-hydrogen) atoms. The van der Waals surface area contributed by atoms with Gasteiger partial charge in [-0.15, -0.1) is 0 Å². The van der Waals surface area contributed by atoms with E-state index in [1.54, 1.807) is 7.11 Å². The molecule has 96 valence electrons. The third-order valence-corrected chi connectivity index (χ3v) is 3.64. The van der Waals surface area contributed by atoms with Gasteiger partial charge in [0.05, 0.1) is 13.2 Å². The van der Waals surface area contributed by atoms with Crippen molar-refractivity contribution >= 4 is 0 Å². The summed E-state index contributed by atoms with van der Waals surface area (Å²) in [7, 11) is 1.72. The van der Waals surface area contributed by atoms with Gasteiger partial charge in [0.25, 0.3) is 0 Å². The van der Waals surface area contributed by atoms with Crippen molar-refractivity contribution in [3.63, 3.8) is 0 Å². The Morgan fingerprint density at radius 2 is 2.00 bits per heavy atom. The number of hydrogen-bond donors (Lipinski definition) is 2. The highest BCUT2D eigenvalue weighted by molar-refractivity contribution is 5.46. The van der Waals surface area contributed by atoms with Crippen LogP contribution >= 0.6 is 0 Å². The molecule has 0 aromatic heterocycles. The Morgan fingerprint density at radius 3 is 2.47 bits per heavy atom. The van der Waals surface area contributed by atoms with Gasteiger partial charge in [-0.2, -0.15) is 0 Å². The van der Waals surface area contributed by atoms with E-state index in [9.17, 15) is 0 Å². The summed E-state index contributed by atoms with van der Waals surface area (Å²) in [5.74, 6) is 7.11. The minimum absolute atomic E-state index is 0.134. The van der Waals surface area contributed by atoms with Crippen LogP contribution in [0.2, 0.25) is 0 Å². The lowest BCUT2D eigenvalue weighted by Gasteiger charge is -2.25. The van der Waals surface area contributed by atoms with Crippen LogP contribution in [0.15, 0.2) is 12.1 Å². The molecule has 0 saturated carbocycles. The zero-order chi connectivity index (χ0) is 13.0. The molecule has 0 heterocycles. The van der Waals surface area contributed by atoms with Gasteiger partial charge >= 0.3 is 0 Å². The lowest BCUT2D eigenvalue weighted by Crippen LogP contribution is -2.32. The summed E-state index contributed by atoms with van der Waals surface area (Å²) in [6.07, 6.45) is 1.07. The van der Waals surface area contributed by atoms with Crippen molar-refractivity contribution in [1.82, 2.24) is 5.43 Å². The van der Waals surface area contributed by atoms with Gasteiger partial charge in [-0.25, -0.2) is 0 Å². The minimum atomic E-state index is 0.134. The number of ether oxygens (including phenoxy) is 1. The predicted octanol–water partition coefficient (Wildman–Crippen LogP) is 2.86. The SMILES string of the molecule is CCC(C)C(NN)c1ccc(C)c(C)c1OC. The normalized spacial score (nSPS) is 14.5. The smallest absolute Gasteiger partial charge is 0.126 e. The Hall–Kier alpha value is -1.06. The third kappa shape index (κ3) is 2.79. The van der Waals surface area contributed by atoms with Crippen molar-refractivity contribution in [1.29, 1.82) is 0 Å². The van der Waals surface area contributed by atoms with Gasteiger partial charge in [-0.1, -0.05) is 32.4 Å². The van der Waals surface area contributed by atoms with E-state index in [1.165, 1.54) is 11.1 Å². The fourth-order valence-electron chi connectivity index (χ4n) is 2.12. The van der Waals surface area contributed by atoms with Gasteiger partial charge < -0.3 is 4.74 Å². The van der Waals surface area contributed by atoms with Crippen LogP contribution in [0.25, 0.3) is 0 Å². The van der Waals surface area contributed by atoms with Crippen LogP contribution in [0.5, 0.6) is 5.75 Å². The summed E-state index contributed by atoms with van der Waals surface area (Å²) in [5, 5.41) is 0. The second-order valence-electron chi connectivity index (χ2n) is 4.66. The number of nitrogens with two attached hydrogens (primary N) is 1. The van der Waals surface area contributed by atoms with Gasteiger partial charge in [0.2, 0.25) is 0 Å².